The van der Waals surface area contributed by atoms with E-state index in [1.54, 1.807) is 18.2 Å². The first kappa shape index (κ1) is 20.4. The average molecular weight is 460 g/mol. The number of carbonyl (C=O) groups excluding carboxylic acids is 1. The third-order valence-corrected chi connectivity index (χ3v) is 6.27. The molecule has 2 aromatic carbocycles. The summed E-state index contributed by atoms with van der Waals surface area (Å²) in [7, 11) is 0. The molecule has 4 aromatic rings. The first-order chi connectivity index (χ1) is 14.4. The summed E-state index contributed by atoms with van der Waals surface area (Å²) in [4.78, 5) is 38.6. The Hall–Kier alpha value is -2.87. The number of hydrogen-bond donors (Lipinski definition) is 1. The molecule has 152 valence electrons. The molecular weight excluding hydrogens is 445 g/mol. The predicted octanol–water partition coefficient (Wildman–Crippen LogP) is 3.81. The minimum Gasteiger partial charge on any atom is -0.347 e. The van der Waals surface area contributed by atoms with Crippen molar-refractivity contribution in [1.82, 2.24) is 14.3 Å². The van der Waals surface area contributed by atoms with E-state index in [9.17, 15) is 14.4 Å². The zero-order valence-corrected chi connectivity index (χ0v) is 17.8. The van der Waals surface area contributed by atoms with Crippen LogP contribution >= 0.6 is 34.5 Å². The number of nitrogens with one attached hydrogen (secondary N) is 1. The normalized spacial score (nSPS) is 11.0. The highest BCUT2D eigenvalue weighted by Crippen LogP contribution is 2.22. The molecule has 6 nitrogen and oxygen atoms in total. The van der Waals surface area contributed by atoms with Gasteiger partial charge in [-0.2, -0.15) is 0 Å². The van der Waals surface area contributed by atoms with Gasteiger partial charge >= 0.3 is 5.69 Å². The second-order valence-electron chi connectivity index (χ2n) is 6.57. The van der Waals surface area contributed by atoms with Crippen LogP contribution in [0.25, 0.3) is 4.83 Å². The maximum Gasteiger partial charge on any atom is 0.336 e. The maximum atomic E-state index is 12.9. The van der Waals surface area contributed by atoms with Crippen LogP contribution in [-0.4, -0.2) is 14.9 Å². The molecule has 0 bridgehead atoms. The van der Waals surface area contributed by atoms with Crippen molar-refractivity contribution >= 4 is 45.3 Å². The molecule has 0 spiro atoms. The molecule has 0 radical (unpaired) electrons. The van der Waals surface area contributed by atoms with Crippen LogP contribution in [0.5, 0.6) is 0 Å². The minimum absolute atomic E-state index is 0.0445. The molecule has 0 atom stereocenters. The molecule has 30 heavy (non-hydrogen) atoms. The number of thiazole rings is 1. The fraction of sp³-hybridized carbons (Fsp3) is 0.0952. The molecule has 0 aliphatic heterocycles. The van der Waals surface area contributed by atoms with Crippen molar-refractivity contribution < 1.29 is 4.79 Å². The van der Waals surface area contributed by atoms with E-state index in [1.165, 1.54) is 16.7 Å². The third-order valence-electron chi connectivity index (χ3n) is 4.49. The number of benzene rings is 2. The average Bonchev–Trinajstić information content (AvgIpc) is 3.17. The molecule has 2 aromatic heterocycles. The molecule has 9 heteroatoms. The molecule has 2 heterocycles. The fourth-order valence-corrected chi connectivity index (χ4v) is 4.22. The summed E-state index contributed by atoms with van der Waals surface area (Å²) in [5.41, 5.74) is 0.649. The van der Waals surface area contributed by atoms with Crippen LogP contribution in [0.4, 0.5) is 0 Å². The second kappa shape index (κ2) is 8.47. The van der Waals surface area contributed by atoms with E-state index in [1.807, 2.05) is 30.3 Å². The monoisotopic (exact) mass is 459 g/mol. The first-order valence-electron chi connectivity index (χ1n) is 8.94. The van der Waals surface area contributed by atoms with Crippen molar-refractivity contribution in [1.29, 1.82) is 0 Å². The van der Waals surface area contributed by atoms with Gasteiger partial charge in [-0.05, 0) is 23.3 Å². The summed E-state index contributed by atoms with van der Waals surface area (Å²) in [5, 5.41) is 3.56. The lowest BCUT2D eigenvalue weighted by Gasteiger charge is -2.06. The fourth-order valence-electron chi connectivity index (χ4n) is 2.96. The molecule has 0 saturated carbocycles. The quantitative estimate of drug-likeness (QED) is 0.493. The van der Waals surface area contributed by atoms with E-state index < -0.39 is 11.2 Å². The Bertz CT molecular complexity index is 1360. The molecule has 4 rings (SSSR count). The molecule has 0 aliphatic carbocycles. The van der Waals surface area contributed by atoms with Crippen molar-refractivity contribution in [2.75, 3.05) is 0 Å². The van der Waals surface area contributed by atoms with Gasteiger partial charge in [-0.3, -0.25) is 18.6 Å². The molecule has 1 N–H and O–H groups in total. The van der Waals surface area contributed by atoms with Crippen molar-refractivity contribution in [3.05, 3.63) is 108 Å². The van der Waals surface area contributed by atoms with E-state index in [0.29, 0.717) is 31.9 Å². The van der Waals surface area contributed by atoms with E-state index in [4.69, 9.17) is 23.2 Å². The summed E-state index contributed by atoms with van der Waals surface area (Å²) in [6.45, 7) is 0.413. The highest BCUT2D eigenvalue weighted by Gasteiger charge is 2.15. The molecule has 0 unspecified atom stereocenters. The van der Waals surface area contributed by atoms with Crippen LogP contribution in [0.1, 0.15) is 20.8 Å². The topological polar surface area (TPSA) is 72.6 Å². The number of nitrogens with zero attached hydrogens (tertiary/aromatic N) is 2. The molecule has 0 fully saturated rings. The summed E-state index contributed by atoms with van der Waals surface area (Å²) < 4.78 is 2.39. The predicted molar refractivity (Wildman–Crippen MR) is 119 cm³/mol. The lowest BCUT2D eigenvalue weighted by atomic mass is 10.2. The van der Waals surface area contributed by atoms with Crippen LogP contribution in [0, 0.1) is 0 Å². The van der Waals surface area contributed by atoms with Gasteiger partial charge in [0.25, 0.3) is 11.5 Å². The lowest BCUT2D eigenvalue weighted by Crippen LogP contribution is -2.36. The van der Waals surface area contributed by atoms with Crippen LogP contribution in [0.2, 0.25) is 10.0 Å². The van der Waals surface area contributed by atoms with Gasteiger partial charge in [-0.15, -0.1) is 11.3 Å². The smallest absolute Gasteiger partial charge is 0.336 e. The molecule has 1 amide bonds. The van der Waals surface area contributed by atoms with Gasteiger partial charge in [0, 0.05) is 18.8 Å². The van der Waals surface area contributed by atoms with Gasteiger partial charge < -0.3 is 5.32 Å². The van der Waals surface area contributed by atoms with Crippen LogP contribution < -0.4 is 16.6 Å². The van der Waals surface area contributed by atoms with Crippen molar-refractivity contribution in [2.45, 2.75) is 13.1 Å². The van der Waals surface area contributed by atoms with Crippen molar-refractivity contribution in [3.8, 4) is 0 Å². The SMILES string of the molecule is O=C(NCc1ccccc1)c1cn2c(=O)n(Cc3ccc(Cl)c(Cl)c3)c(=O)cc2s1. The highest BCUT2D eigenvalue weighted by molar-refractivity contribution is 7.19. The molecule has 0 aliphatic rings. The van der Waals surface area contributed by atoms with Gasteiger partial charge in [0.05, 0.1) is 16.6 Å². The van der Waals surface area contributed by atoms with E-state index in [0.717, 1.165) is 21.5 Å². The zero-order valence-electron chi connectivity index (χ0n) is 15.5. The first-order valence-corrected chi connectivity index (χ1v) is 10.5. The Labute approximate surface area is 184 Å². The Morgan fingerprint density at radius 1 is 0.967 bits per heavy atom. The van der Waals surface area contributed by atoms with Gasteiger partial charge in [-0.25, -0.2) is 4.79 Å². The number of amides is 1. The Morgan fingerprint density at radius 3 is 2.47 bits per heavy atom. The number of fused-ring (bicyclic) bond motifs is 1. The molecule has 0 saturated heterocycles. The van der Waals surface area contributed by atoms with E-state index >= 15 is 0 Å². The number of hydrogen-bond acceptors (Lipinski definition) is 4. The minimum atomic E-state index is -0.526. The second-order valence-corrected chi connectivity index (χ2v) is 8.45. The van der Waals surface area contributed by atoms with E-state index in [-0.39, 0.29) is 12.5 Å². The van der Waals surface area contributed by atoms with Crippen LogP contribution in [0.15, 0.2) is 70.4 Å². The van der Waals surface area contributed by atoms with Crippen LogP contribution in [0.3, 0.4) is 0 Å². The summed E-state index contributed by atoms with van der Waals surface area (Å²) >= 11 is 13.0. The van der Waals surface area contributed by atoms with Crippen molar-refractivity contribution in [2.24, 2.45) is 0 Å². The Balaban J connectivity index is 1.62. The number of aromatic nitrogens is 2. The van der Waals surface area contributed by atoms with Gasteiger partial charge in [0.15, 0.2) is 0 Å². The number of rotatable bonds is 5. The largest absolute Gasteiger partial charge is 0.347 e. The number of carbonyl (C=O) groups is 1. The number of halogens is 2. The van der Waals surface area contributed by atoms with Crippen LogP contribution in [-0.2, 0) is 13.1 Å². The highest BCUT2D eigenvalue weighted by atomic mass is 35.5. The standard InChI is InChI=1S/C21H15Cl2N3O3S/c22-15-7-6-14(8-16(15)23)11-25-18(27)9-19-26(21(25)29)12-17(30-19)20(28)24-10-13-4-2-1-3-5-13/h1-9,12H,10-11H2,(H,24,28). The lowest BCUT2D eigenvalue weighted by molar-refractivity contribution is 0.0954. The van der Waals surface area contributed by atoms with E-state index in [2.05, 4.69) is 5.32 Å². The summed E-state index contributed by atoms with van der Waals surface area (Å²) in [5.74, 6) is -0.310. The van der Waals surface area contributed by atoms with Gasteiger partial charge in [-0.1, -0.05) is 59.6 Å². The zero-order chi connectivity index (χ0) is 21.3. The van der Waals surface area contributed by atoms with Gasteiger partial charge in [0.1, 0.15) is 9.71 Å². The summed E-state index contributed by atoms with van der Waals surface area (Å²) in [6, 6.07) is 15.8. The Morgan fingerprint density at radius 2 is 1.73 bits per heavy atom. The Kier molecular flexibility index (Phi) is 5.76. The maximum absolute atomic E-state index is 12.9. The third kappa shape index (κ3) is 4.18. The molecular formula is C21H15Cl2N3O3S. The van der Waals surface area contributed by atoms with Gasteiger partial charge in [0.2, 0.25) is 0 Å². The summed E-state index contributed by atoms with van der Waals surface area (Å²) in [6.07, 6.45) is 1.45. The van der Waals surface area contributed by atoms with Crippen molar-refractivity contribution in [3.63, 3.8) is 0 Å².